The molecule has 0 aliphatic carbocycles. The van der Waals surface area contributed by atoms with Gasteiger partial charge in [0.05, 0.1) is 13.3 Å². The quantitative estimate of drug-likeness (QED) is 0.394. The first kappa shape index (κ1) is 6.09. The van der Waals surface area contributed by atoms with Crippen molar-refractivity contribution in [2.75, 3.05) is 13.7 Å². The van der Waals surface area contributed by atoms with Crippen molar-refractivity contribution in [1.82, 2.24) is 4.83 Å². The molecule has 0 aromatic carbocycles. The van der Waals surface area contributed by atoms with Crippen LogP contribution >= 0.6 is 7.70 Å². The topological polar surface area (TPSA) is 23.5 Å². The van der Waals surface area contributed by atoms with E-state index in [-0.39, 0.29) is 0 Å². The van der Waals surface area contributed by atoms with Crippen molar-refractivity contribution in [3.8, 4) is 0 Å². The molecule has 1 atom stereocenters. The van der Waals surface area contributed by atoms with E-state index in [1.165, 1.54) is 0 Å². The summed E-state index contributed by atoms with van der Waals surface area (Å²) in [6.07, 6.45) is 3.58. The number of hydrogen-bond donors (Lipinski definition) is 1. The van der Waals surface area contributed by atoms with E-state index in [9.17, 15) is 0 Å². The summed E-state index contributed by atoms with van der Waals surface area (Å²) >= 11 is 0. The van der Waals surface area contributed by atoms with Crippen LogP contribution in [0.3, 0.4) is 0 Å². The van der Waals surface area contributed by atoms with Gasteiger partial charge in [-0.3, -0.25) is 5.21 Å². The fourth-order valence-corrected chi connectivity index (χ4v) is 0. The van der Waals surface area contributed by atoms with Crippen LogP contribution in [0.1, 0.15) is 0 Å². The van der Waals surface area contributed by atoms with Gasteiger partial charge in [0, 0.05) is 0 Å². The second-order valence-corrected chi connectivity index (χ2v) is 3.04. The van der Waals surface area contributed by atoms with Gasteiger partial charge in [-0.1, -0.05) is 0 Å². The van der Waals surface area contributed by atoms with Gasteiger partial charge in [-0.05, 0) is 4.83 Å². The third-order valence-corrected chi connectivity index (χ3v) is 1.48. The molecule has 1 unspecified atom stereocenters. The molecule has 0 saturated heterocycles. The van der Waals surface area contributed by atoms with Gasteiger partial charge < -0.3 is 0 Å². The van der Waals surface area contributed by atoms with E-state index in [4.69, 9.17) is 5.21 Å². The Bertz CT molecular complexity index is 61.8. The van der Waals surface area contributed by atoms with Crippen LogP contribution in [0, 0.1) is 0 Å². The molecule has 0 fully saturated rings. The Labute approximate surface area is 38.8 Å². The van der Waals surface area contributed by atoms with E-state index in [0.717, 1.165) is 4.83 Å². The summed E-state index contributed by atoms with van der Waals surface area (Å²) in [5.41, 5.74) is 0. The summed E-state index contributed by atoms with van der Waals surface area (Å²) in [6.45, 7) is 1.87. The fraction of sp³-hybridized carbons (Fsp3) is 0.667. The van der Waals surface area contributed by atoms with Gasteiger partial charge in [0.15, 0.2) is 7.70 Å². The second kappa shape index (κ2) is 2.30. The highest BCUT2D eigenvalue weighted by Gasteiger charge is 1.98. The molecule has 1 N–H and O–H groups in total. The van der Waals surface area contributed by atoms with Crippen LogP contribution < -0.4 is 0 Å². The van der Waals surface area contributed by atoms with Crippen LogP contribution in [0.5, 0.6) is 0 Å². The van der Waals surface area contributed by atoms with E-state index in [2.05, 4.69) is 6.30 Å². The molecule has 0 aliphatic heterocycles. The first-order chi connectivity index (χ1) is 2.64. The van der Waals surface area contributed by atoms with E-state index >= 15 is 0 Å². The van der Waals surface area contributed by atoms with Crippen molar-refractivity contribution in [2.45, 2.75) is 0 Å². The monoisotopic (exact) mass is 106 g/mol. The number of hydroxylamine groups is 1. The van der Waals surface area contributed by atoms with Gasteiger partial charge in [-0.25, -0.2) is 0 Å². The van der Waals surface area contributed by atoms with Crippen molar-refractivity contribution in [2.24, 2.45) is 0 Å². The zero-order chi connectivity index (χ0) is 5.15. The van der Waals surface area contributed by atoms with Crippen molar-refractivity contribution < 1.29 is 5.21 Å². The predicted octanol–water partition coefficient (Wildman–Crippen LogP) is 0.766. The summed E-state index contributed by atoms with van der Waals surface area (Å²) in [7, 11) is 1.08. The summed E-state index contributed by atoms with van der Waals surface area (Å²) in [4.78, 5) is 1.12. The molecule has 0 saturated carbocycles. The van der Waals surface area contributed by atoms with Crippen LogP contribution in [-0.4, -0.2) is 30.1 Å². The number of rotatable bonds is 1. The SMILES string of the molecule is C=[P+](C)N(C)O. The van der Waals surface area contributed by atoms with Crippen LogP contribution in [-0.2, 0) is 0 Å². The predicted molar refractivity (Wildman–Crippen MR) is 29.5 cm³/mol. The minimum Gasteiger partial charge on any atom is -0.277 e. The van der Waals surface area contributed by atoms with E-state index in [0.29, 0.717) is 0 Å². The maximum absolute atomic E-state index is 8.43. The Hall–Kier alpha value is 0.0900. The van der Waals surface area contributed by atoms with Crippen molar-refractivity contribution in [3.63, 3.8) is 0 Å². The molecule has 0 aromatic heterocycles. The molecule has 0 aromatic rings. The van der Waals surface area contributed by atoms with Gasteiger partial charge in [0.25, 0.3) is 0 Å². The van der Waals surface area contributed by atoms with Crippen molar-refractivity contribution >= 4 is 14.0 Å². The first-order valence-corrected chi connectivity index (χ1v) is 3.54. The lowest BCUT2D eigenvalue weighted by atomic mass is 11.6. The molecular weight excluding hydrogens is 97.0 g/mol. The average Bonchev–Trinajstić information content (AvgIpc) is 1.36. The minimum atomic E-state index is -0.521. The van der Waals surface area contributed by atoms with Crippen LogP contribution in [0.25, 0.3) is 0 Å². The smallest absolute Gasteiger partial charge is 0.200 e. The van der Waals surface area contributed by atoms with Gasteiger partial charge in [-0.15, -0.1) is 0 Å². The third kappa shape index (κ3) is 2.33. The van der Waals surface area contributed by atoms with Crippen LogP contribution in [0.4, 0.5) is 0 Å². The normalized spacial score (nSPS) is 12.3. The molecule has 36 valence electrons. The molecule has 0 heterocycles. The minimum absolute atomic E-state index is 0.521. The summed E-state index contributed by atoms with van der Waals surface area (Å²) in [6, 6.07) is 0. The lowest BCUT2D eigenvalue weighted by Crippen LogP contribution is -1.98. The van der Waals surface area contributed by atoms with Crippen LogP contribution in [0.15, 0.2) is 0 Å². The van der Waals surface area contributed by atoms with Gasteiger partial charge in [0.2, 0.25) is 0 Å². The molecule has 0 bridgehead atoms. The fourth-order valence-electron chi connectivity index (χ4n) is 0. The molecule has 0 radical (unpaired) electrons. The standard InChI is InChI=1S/C3H9NOP/c1-4(5)6(2)3/h5H,2H2,1,3H3/q+1. The van der Waals surface area contributed by atoms with Gasteiger partial charge >= 0.3 is 0 Å². The van der Waals surface area contributed by atoms with E-state index in [1.54, 1.807) is 7.05 Å². The molecule has 0 spiro atoms. The van der Waals surface area contributed by atoms with E-state index in [1.807, 2.05) is 6.66 Å². The summed E-state index contributed by atoms with van der Waals surface area (Å²) in [5, 5.41) is 8.43. The first-order valence-electron chi connectivity index (χ1n) is 1.61. The average molecular weight is 106 g/mol. The zero-order valence-corrected chi connectivity index (χ0v) is 4.94. The molecule has 3 heteroatoms. The van der Waals surface area contributed by atoms with Gasteiger partial charge in [-0.2, -0.15) is 0 Å². The molecule has 0 aliphatic rings. The summed E-state index contributed by atoms with van der Waals surface area (Å²) in [5.74, 6) is 0. The Balaban J connectivity index is 3.26. The third-order valence-electron chi connectivity index (χ3n) is 0.494. The Morgan fingerprint density at radius 2 is 2.00 bits per heavy atom. The Morgan fingerprint density at radius 3 is 2.00 bits per heavy atom. The van der Waals surface area contributed by atoms with Crippen molar-refractivity contribution in [3.05, 3.63) is 0 Å². The maximum Gasteiger partial charge on any atom is 0.200 e. The number of nitrogens with zero attached hydrogens (tertiary/aromatic N) is 1. The second-order valence-electron chi connectivity index (χ2n) is 1.15. The maximum atomic E-state index is 8.43. The van der Waals surface area contributed by atoms with Crippen molar-refractivity contribution in [1.29, 1.82) is 0 Å². The van der Waals surface area contributed by atoms with E-state index < -0.39 is 7.70 Å². The summed E-state index contributed by atoms with van der Waals surface area (Å²) < 4.78 is 0. The highest BCUT2D eigenvalue weighted by atomic mass is 31.1. The molecule has 6 heavy (non-hydrogen) atoms. The molecule has 0 rings (SSSR count). The lowest BCUT2D eigenvalue weighted by Gasteiger charge is -1.89. The lowest BCUT2D eigenvalue weighted by molar-refractivity contribution is 0.0400. The Kier molecular flexibility index (Phi) is 2.33. The zero-order valence-electron chi connectivity index (χ0n) is 4.05. The van der Waals surface area contributed by atoms with Crippen LogP contribution in [0.2, 0.25) is 0 Å². The highest BCUT2D eigenvalue weighted by Crippen LogP contribution is 2.13. The Morgan fingerprint density at radius 1 is 1.83 bits per heavy atom. The molecular formula is C3H9NOP+. The van der Waals surface area contributed by atoms with Gasteiger partial charge in [0.1, 0.15) is 6.66 Å². The largest absolute Gasteiger partial charge is 0.277 e. The number of hydrogen-bond acceptors (Lipinski definition) is 2. The highest BCUT2D eigenvalue weighted by molar-refractivity contribution is 7.52. The molecule has 0 amide bonds. The molecule has 2 nitrogen and oxygen atoms in total.